The van der Waals surface area contributed by atoms with Gasteiger partial charge in [0.15, 0.2) is 12.4 Å². The lowest BCUT2D eigenvalue weighted by Crippen LogP contribution is -1.96. The van der Waals surface area contributed by atoms with Gasteiger partial charge in [0.25, 0.3) is 5.89 Å². The highest BCUT2D eigenvalue weighted by molar-refractivity contribution is 5.15. The fourth-order valence-electron chi connectivity index (χ4n) is 1.25. The van der Waals surface area contributed by atoms with E-state index in [0.29, 0.717) is 11.6 Å². The minimum atomic E-state index is 0.280. The van der Waals surface area contributed by atoms with E-state index < -0.39 is 0 Å². The number of ether oxygens (including phenoxy) is 1. The average Bonchev–Trinajstić information content (AvgIpc) is 2.76. The summed E-state index contributed by atoms with van der Waals surface area (Å²) in [5, 5.41) is 3.84. The quantitative estimate of drug-likeness (QED) is 0.769. The summed E-state index contributed by atoms with van der Waals surface area (Å²) < 4.78 is 10.5. The van der Waals surface area contributed by atoms with Crippen LogP contribution in [0.2, 0.25) is 0 Å². The van der Waals surface area contributed by atoms with Gasteiger partial charge in [-0.25, -0.2) is 0 Å². The second-order valence-electron chi connectivity index (χ2n) is 3.33. The SMILES string of the molecule is CCCc1noc(COc2cccnc2)n1. The molecule has 0 N–H and O–H groups in total. The molecule has 0 atom stereocenters. The first kappa shape index (κ1) is 10.6. The van der Waals surface area contributed by atoms with E-state index in [1.54, 1.807) is 12.4 Å². The standard InChI is InChI=1S/C11H13N3O2/c1-2-4-10-13-11(16-14-10)8-15-9-5-3-6-12-7-9/h3,5-7H,2,4,8H2,1H3. The van der Waals surface area contributed by atoms with Crippen molar-refractivity contribution in [3.63, 3.8) is 0 Å². The van der Waals surface area contributed by atoms with Crippen molar-refractivity contribution in [1.29, 1.82) is 0 Å². The third-order valence-corrected chi connectivity index (χ3v) is 1.98. The van der Waals surface area contributed by atoms with Gasteiger partial charge in [0.1, 0.15) is 5.75 Å². The van der Waals surface area contributed by atoms with Gasteiger partial charge >= 0.3 is 0 Å². The van der Waals surface area contributed by atoms with E-state index in [4.69, 9.17) is 9.26 Å². The zero-order valence-electron chi connectivity index (χ0n) is 9.09. The van der Waals surface area contributed by atoms with Gasteiger partial charge in [-0.05, 0) is 18.6 Å². The number of rotatable bonds is 5. The van der Waals surface area contributed by atoms with Gasteiger partial charge in [0, 0.05) is 12.6 Å². The smallest absolute Gasteiger partial charge is 0.264 e. The van der Waals surface area contributed by atoms with Gasteiger partial charge in [-0.3, -0.25) is 4.98 Å². The Hall–Kier alpha value is -1.91. The van der Waals surface area contributed by atoms with Crippen LogP contribution in [-0.4, -0.2) is 15.1 Å². The van der Waals surface area contributed by atoms with Crippen LogP contribution in [0.4, 0.5) is 0 Å². The molecule has 2 aromatic rings. The molecule has 0 bridgehead atoms. The average molecular weight is 219 g/mol. The molecule has 5 nitrogen and oxygen atoms in total. The minimum Gasteiger partial charge on any atom is -0.482 e. The van der Waals surface area contributed by atoms with Crippen molar-refractivity contribution in [3.8, 4) is 5.75 Å². The van der Waals surface area contributed by atoms with E-state index >= 15 is 0 Å². The molecular weight excluding hydrogens is 206 g/mol. The number of hydrogen-bond donors (Lipinski definition) is 0. The molecule has 0 radical (unpaired) electrons. The van der Waals surface area contributed by atoms with Gasteiger partial charge in [-0.15, -0.1) is 0 Å². The molecule has 0 aliphatic carbocycles. The molecule has 0 fully saturated rings. The largest absolute Gasteiger partial charge is 0.482 e. The number of pyridine rings is 1. The molecule has 0 spiro atoms. The topological polar surface area (TPSA) is 61.0 Å². The van der Waals surface area contributed by atoms with Crippen molar-refractivity contribution in [1.82, 2.24) is 15.1 Å². The Labute approximate surface area is 93.5 Å². The molecule has 0 aromatic carbocycles. The maximum atomic E-state index is 5.42. The lowest BCUT2D eigenvalue weighted by atomic mass is 10.3. The zero-order valence-corrected chi connectivity index (χ0v) is 9.09. The van der Waals surface area contributed by atoms with Crippen LogP contribution in [0.25, 0.3) is 0 Å². The molecule has 0 saturated carbocycles. The maximum absolute atomic E-state index is 5.42. The van der Waals surface area contributed by atoms with Gasteiger partial charge in [0.05, 0.1) is 6.20 Å². The molecule has 2 heterocycles. The van der Waals surface area contributed by atoms with Crippen LogP contribution in [0.15, 0.2) is 29.0 Å². The van der Waals surface area contributed by atoms with E-state index in [-0.39, 0.29) is 6.61 Å². The predicted molar refractivity (Wildman–Crippen MR) is 56.9 cm³/mol. The van der Waals surface area contributed by atoms with Gasteiger partial charge in [-0.1, -0.05) is 12.1 Å². The van der Waals surface area contributed by atoms with Crippen molar-refractivity contribution in [2.24, 2.45) is 0 Å². The molecule has 0 aliphatic rings. The van der Waals surface area contributed by atoms with Crippen molar-refractivity contribution < 1.29 is 9.26 Å². The third kappa shape index (κ3) is 2.79. The fourth-order valence-corrected chi connectivity index (χ4v) is 1.25. The number of aromatic nitrogens is 3. The molecule has 0 unspecified atom stereocenters. The zero-order chi connectivity index (χ0) is 11.2. The van der Waals surface area contributed by atoms with Crippen LogP contribution in [0.5, 0.6) is 5.75 Å². The Balaban J connectivity index is 1.89. The highest BCUT2D eigenvalue weighted by atomic mass is 16.5. The Morgan fingerprint density at radius 3 is 3.12 bits per heavy atom. The van der Waals surface area contributed by atoms with E-state index in [1.807, 2.05) is 12.1 Å². The summed E-state index contributed by atoms with van der Waals surface area (Å²) in [5.41, 5.74) is 0. The first-order valence-corrected chi connectivity index (χ1v) is 5.22. The number of aryl methyl sites for hydroxylation is 1. The van der Waals surface area contributed by atoms with E-state index in [1.165, 1.54) is 0 Å². The first-order valence-electron chi connectivity index (χ1n) is 5.22. The Morgan fingerprint density at radius 2 is 2.38 bits per heavy atom. The van der Waals surface area contributed by atoms with Crippen molar-refractivity contribution in [2.45, 2.75) is 26.4 Å². The second kappa shape index (κ2) is 5.25. The fraction of sp³-hybridized carbons (Fsp3) is 0.364. The summed E-state index contributed by atoms with van der Waals surface area (Å²) in [4.78, 5) is 8.13. The normalized spacial score (nSPS) is 10.3. The van der Waals surface area contributed by atoms with Crippen LogP contribution < -0.4 is 4.74 Å². The highest BCUT2D eigenvalue weighted by Gasteiger charge is 2.05. The Morgan fingerprint density at radius 1 is 1.44 bits per heavy atom. The Bertz CT molecular complexity index is 428. The molecule has 0 amide bonds. The molecule has 5 heteroatoms. The second-order valence-corrected chi connectivity index (χ2v) is 3.33. The van der Waals surface area contributed by atoms with Gasteiger partial charge < -0.3 is 9.26 Å². The van der Waals surface area contributed by atoms with Crippen LogP contribution in [0.3, 0.4) is 0 Å². The van der Waals surface area contributed by atoms with Crippen LogP contribution >= 0.6 is 0 Å². The summed E-state index contributed by atoms with van der Waals surface area (Å²) in [6.45, 7) is 2.35. The highest BCUT2D eigenvalue weighted by Crippen LogP contribution is 2.09. The molecule has 16 heavy (non-hydrogen) atoms. The van der Waals surface area contributed by atoms with Crippen molar-refractivity contribution in [2.75, 3.05) is 0 Å². The predicted octanol–water partition coefficient (Wildman–Crippen LogP) is 2.00. The van der Waals surface area contributed by atoms with Crippen LogP contribution in [0.1, 0.15) is 25.1 Å². The lowest BCUT2D eigenvalue weighted by Gasteiger charge is -2.00. The molecule has 2 aromatic heterocycles. The monoisotopic (exact) mass is 219 g/mol. The molecule has 2 rings (SSSR count). The van der Waals surface area contributed by atoms with Crippen molar-refractivity contribution in [3.05, 3.63) is 36.2 Å². The van der Waals surface area contributed by atoms with Crippen molar-refractivity contribution >= 4 is 0 Å². The van der Waals surface area contributed by atoms with Crippen LogP contribution in [-0.2, 0) is 13.0 Å². The third-order valence-electron chi connectivity index (χ3n) is 1.98. The summed E-state index contributed by atoms with van der Waals surface area (Å²) in [7, 11) is 0. The summed E-state index contributed by atoms with van der Waals surface area (Å²) in [5.74, 6) is 1.91. The first-order chi connectivity index (χ1) is 7.88. The van der Waals surface area contributed by atoms with Gasteiger partial charge in [0.2, 0.25) is 0 Å². The summed E-state index contributed by atoms with van der Waals surface area (Å²) in [6, 6.07) is 3.64. The molecule has 0 saturated heterocycles. The minimum absolute atomic E-state index is 0.280. The lowest BCUT2D eigenvalue weighted by molar-refractivity contribution is 0.242. The van der Waals surface area contributed by atoms with Crippen LogP contribution in [0, 0.1) is 0 Å². The molecule has 0 aliphatic heterocycles. The maximum Gasteiger partial charge on any atom is 0.264 e. The van der Waals surface area contributed by atoms with E-state index in [9.17, 15) is 0 Å². The van der Waals surface area contributed by atoms with E-state index in [0.717, 1.165) is 18.7 Å². The number of hydrogen-bond acceptors (Lipinski definition) is 5. The molecular formula is C11H13N3O2. The Kier molecular flexibility index (Phi) is 3.48. The van der Waals surface area contributed by atoms with E-state index in [2.05, 4.69) is 22.0 Å². The van der Waals surface area contributed by atoms with Gasteiger partial charge in [-0.2, -0.15) is 4.98 Å². The molecule has 84 valence electrons. The summed E-state index contributed by atoms with van der Waals surface area (Å²) in [6.07, 6.45) is 5.17. The number of nitrogens with zero attached hydrogens (tertiary/aromatic N) is 3. The summed E-state index contributed by atoms with van der Waals surface area (Å²) >= 11 is 0.